The molecule has 0 amide bonds. The van der Waals surface area contributed by atoms with Crippen LogP contribution < -0.4 is 0 Å². The van der Waals surface area contributed by atoms with Crippen molar-refractivity contribution in [1.82, 2.24) is 4.98 Å². The molecule has 0 fully saturated rings. The van der Waals surface area contributed by atoms with Gasteiger partial charge < -0.3 is 0 Å². The molecule has 0 radical (unpaired) electrons. The fraction of sp³-hybridized carbons (Fsp3) is 0.222. The molecule has 0 saturated carbocycles. The number of nitrogens with zero attached hydrogens (tertiary/aromatic N) is 1. The van der Waals surface area contributed by atoms with Crippen molar-refractivity contribution in [2.45, 2.75) is 13.3 Å². The molecule has 0 aliphatic rings. The second kappa shape index (κ2) is 3.76. The van der Waals surface area contributed by atoms with Crippen LogP contribution in [0.3, 0.4) is 0 Å². The number of pyridine rings is 1. The van der Waals surface area contributed by atoms with Crippen molar-refractivity contribution >= 4 is 11.6 Å². The van der Waals surface area contributed by atoms with Crippen LogP contribution in [-0.2, 0) is 4.79 Å². The molecule has 0 aliphatic heterocycles. The maximum Gasteiger partial charge on any atom is 0.228 e. The van der Waals surface area contributed by atoms with E-state index in [-0.39, 0.29) is 12.2 Å². The van der Waals surface area contributed by atoms with Gasteiger partial charge in [-0.1, -0.05) is 6.92 Å². The SMILES string of the molecule is CCC(=O)C(=O)c1ccncc1. The van der Waals surface area contributed by atoms with E-state index in [1.165, 1.54) is 24.5 Å². The Kier molecular flexibility index (Phi) is 2.69. The minimum absolute atomic E-state index is 0.251. The molecule has 0 spiro atoms. The molecule has 3 heteroatoms. The number of Topliss-reactive ketones (excluding diaryl/α,β-unsaturated/α-hetero) is 2. The summed E-state index contributed by atoms with van der Waals surface area (Å²) in [5, 5.41) is 0. The van der Waals surface area contributed by atoms with E-state index in [1.54, 1.807) is 6.92 Å². The first kappa shape index (κ1) is 8.59. The van der Waals surface area contributed by atoms with E-state index in [0.29, 0.717) is 5.56 Å². The second-order valence-electron chi connectivity index (χ2n) is 2.34. The molecule has 3 nitrogen and oxygen atoms in total. The Morgan fingerprint density at radius 2 is 1.92 bits per heavy atom. The van der Waals surface area contributed by atoms with E-state index >= 15 is 0 Å². The van der Waals surface area contributed by atoms with Crippen molar-refractivity contribution in [3.05, 3.63) is 30.1 Å². The lowest BCUT2D eigenvalue weighted by atomic mass is 10.1. The average molecular weight is 163 g/mol. The van der Waals surface area contributed by atoms with Gasteiger partial charge in [-0.15, -0.1) is 0 Å². The lowest BCUT2D eigenvalue weighted by molar-refractivity contribution is -0.114. The summed E-state index contributed by atoms with van der Waals surface area (Å²) in [6.07, 6.45) is 3.24. The first-order valence-corrected chi connectivity index (χ1v) is 3.73. The number of rotatable bonds is 3. The maximum atomic E-state index is 11.2. The number of hydrogen-bond acceptors (Lipinski definition) is 3. The molecule has 1 heterocycles. The van der Waals surface area contributed by atoms with Crippen LogP contribution in [0.25, 0.3) is 0 Å². The Balaban J connectivity index is 2.86. The zero-order valence-electron chi connectivity index (χ0n) is 6.78. The van der Waals surface area contributed by atoms with Gasteiger partial charge >= 0.3 is 0 Å². The first-order valence-electron chi connectivity index (χ1n) is 3.73. The molecule has 0 bridgehead atoms. The molecule has 1 aromatic heterocycles. The van der Waals surface area contributed by atoms with Gasteiger partial charge in [0, 0.05) is 24.4 Å². The van der Waals surface area contributed by atoms with E-state index in [9.17, 15) is 9.59 Å². The largest absolute Gasteiger partial charge is 0.290 e. The van der Waals surface area contributed by atoms with E-state index in [2.05, 4.69) is 4.98 Å². The third-order valence-electron chi connectivity index (χ3n) is 1.52. The zero-order chi connectivity index (χ0) is 8.97. The predicted molar refractivity (Wildman–Crippen MR) is 43.9 cm³/mol. The fourth-order valence-electron chi connectivity index (χ4n) is 0.825. The molecule has 0 aliphatic carbocycles. The summed E-state index contributed by atoms with van der Waals surface area (Å²) in [6, 6.07) is 3.08. The summed E-state index contributed by atoms with van der Waals surface area (Å²) >= 11 is 0. The summed E-state index contributed by atoms with van der Waals surface area (Å²) in [5.41, 5.74) is 0.414. The van der Waals surface area contributed by atoms with E-state index in [4.69, 9.17) is 0 Å². The Morgan fingerprint density at radius 1 is 1.33 bits per heavy atom. The normalized spacial score (nSPS) is 9.42. The maximum absolute atomic E-state index is 11.2. The third kappa shape index (κ3) is 1.75. The first-order chi connectivity index (χ1) is 5.75. The lowest BCUT2D eigenvalue weighted by Gasteiger charge is -1.95. The highest BCUT2D eigenvalue weighted by molar-refractivity contribution is 6.43. The molecule has 12 heavy (non-hydrogen) atoms. The van der Waals surface area contributed by atoms with Crippen LogP contribution in [0.4, 0.5) is 0 Å². The third-order valence-corrected chi connectivity index (χ3v) is 1.52. The van der Waals surface area contributed by atoms with Gasteiger partial charge in [0.05, 0.1) is 0 Å². The van der Waals surface area contributed by atoms with Crippen LogP contribution in [-0.4, -0.2) is 16.6 Å². The van der Waals surface area contributed by atoms with Gasteiger partial charge in [-0.25, -0.2) is 0 Å². The van der Waals surface area contributed by atoms with E-state index in [0.717, 1.165) is 0 Å². The molecule has 0 unspecified atom stereocenters. The Hall–Kier alpha value is -1.51. The molecule has 62 valence electrons. The minimum atomic E-state index is -0.431. The number of hydrogen-bond donors (Lipinski definition) is 0. The van der Waals surface area contributed by atoms with Crippen molar-refractivity contribution in [2.24, 2.45) is 0 Å². The Morgan fingerprint density at radius 3 is 2.42 bits per heavy atom. The summed E-state index contributed by atoms with van der Waals surface area (Å²) in [6.45, 7) is 1.67. The van der Waals surface area contributed by atoms with Crippen molar-refractivity contribution in [3.63, 3.8) is 0 Å². The molecule has 0 atom stereocenters. The fourth-order valence-corrected chi connectivity index (χ4v) is 0.825. The van der Waals surface area contributed by atoms with Gasteiger partial charge in [0.15, 0.2) is 0 Å². The average Bonchev–Trinajstić information content (AvgIpc) is 2.17. The zero-order valence-corrected chi connectivity index (χ0v) is 6.78. The molecule has 0 N–H and O–H groups in total. The highest BCUT2D eigenvalue weighted by Crippen LogP contribution is 2.00. The van der Waals surface area contributed by atoms with Crippen LogP contribution in [0, 0.1) is 0 Å². The van der Waals surface area contributed by atoms with Crippen molar-refractivity contribution in [2.75, 3.05) is 0 Å². The van der Waals surface area contributed by atoms with Crippen molar-refractivity contribution in [3.8, 4) is 0 Å². The van der Waals surface area contributed by atoms with Gasteiger partial charge in [0.2, 0.25) is 11.6 Å². The van der Waals surface area contributed by atoms with Crippen LogP contribution >= 0.6 is 0 Å². The molecular weight excluding hydrogens is 154 g/mol. The number of carbonyl (C=O) groups excluding carboxylic acids is 2. The number of carbonyl (C=O) groups is 2. The molecule has 0 saturated heterocycles. The molecule has 0 aromatic carbocycles. The van der Waals surface area contributed by atoms with Crippen LogP contribution in [0.1, 0.15) is 23.7 Å². The topological polar surface area (TPSA) is 47.0 Å². The standard InChI is InChI=1S/C9H9NO2/c1-2-8(11)9(12)7-3-5-10-6-4-7/h3-6H,2H2,1H3. The monoisotopic (exact) mass is 163 g/mol. The molecule has 1 rings (SSSR count). The van der Waals surface area contributed by atoms with Gasteiger partial charge in [0.1, 0.15) is 0 Å². The van der Waals surface area contributed by atoms with E-state index < -0.39 is 5.78 Å². The molecular formula is C9H9NO2. The van der Waals surface area contributed by atoms with Gasteiger partial charge in [-0.2, -0.15) is 0 Å². The van der Waals surface area contributed by atoms with Crippen molar-refractivity contribution in [1.29, 1.82) is 0 Å². The smallest absolute Gasteiger partial charge is 0.228 e. The lowest BCUT2D eigenvalue weighted by Crippen LogP contribution is -2.12. The Labute approximate surface area is 70.4 Å². The highest BCUT2D eigenvalue weighted by atomic mass is 16.2. The highest BCUT2D eigenvalue weighted by Gasteiger charge is 2.12. The predicted octanol–water partition coefficient (Wildman–Crippen LogP) is 1.24. The summed E-state index contributed by atoms with van der Waals surface area (Å²) < 4.78 is 0. The number of ketones is 2. The van der Waals surface area contributed by atoms with Crippen LogP contribution in [0.2, 0.25) is 0 Å². The van der Waals surface area contributed by atoms with Crippen LogP contribution in [0.15, 0.2) is 24.5 Å². The van der Waals surface area contributed by atoms with Crippen molar-refractivity contribution < 1.29 is 9.59 Å². The minimum Gasteiger partial charge on any atom is -0.290 e. The molecule has 1 aromatic rings. The van der Waals surface area contributed by atoms with Gasteiger partial charge in [-0.3, -0.25) is 14.6 Å². The summed E-state index contributed by atoms with van der Waals surface area (Å²) in [5.74, 6) is -0.791. The van der Waals surface area contributed by atoms with E-state index in [1.807, 2.05) is 0 Å². The van der Waals surface area contributed by atoms with Gasteiger partial charge in [0.25, 0.3) is 0 Å². The Bertz CT molecular complexity index is 293. The summed E-state index contributed by atoms with van der Waals surface area (Å²) in [7, 11) is 0. The second-order valence-corrected chi connectivity index (χ2v) is 2.34. The number of aromatic nitrogens is 1. The van der Waals surface area contributed by atoms with Gasteiger partial charge in [-0.05, 0) is 12.1 Å². The van der Waals surface area contributed by atoms with Crippen LogP contribution in [0.5, 0.6) is 0 Å². The quantitative estimate of drug-likeness (QED) is 0.497. The summed E-state index contributed by atoms with van der Waals surface area (Å²) in [4.78, 5) is 25.9.